The normalized spacial score (nSPS) is 12.0. The van der Waals surface area contributed by atoms with Crippen molar-refractivity contribution in [1.82, 2.24) is 4.57 Å². The van der Waals surface area contributed by atoms with Crippen molar-refractivity contribution in [3.8, 4) is 5.75 Å². The fourth-order valence-corrected chi connectivity index (χ4v) is 2.44. The Morgan fingerprint density at radius 2 is 2.09 bits per heavy atom. The highest BCUT2D eigenvalue weighted by atomic mass is 35.5. The zero-order valence-electron chi connectivity index (χ0n) is 11.8. The number of primary amides is 1. The van der Waals surface area contributed by atoms with E-state index in [9.17, 15) is 4.79 Å². The second-order valence-corrected chi connectivity index (χ2v) is 5.70. The van der Waals surface area contributed by atoms with Crippen LogP contribution in [0.4, 0.5) is 0 Å². The van der Waals surface area contributed by atoms with Crippen molar-refractivity contribution in [1.29, 1.82) is 5.41 Å². The first-order valence-corrected chi connectivity index (χ1v) is 7.29. The van der Waals surface area contributed by atoms with Crippen molar-refractivity contribution in [2.24, 2.45) is 5.73 Å². The van der Waals surface area contributed by atoms with Crippen molar-refractivity contribution in [2.75, 3.05) is 0 Å². The van der Waals surface area contributed by atoms with Gasteiger partial charge in [-0.3, -0.25) is 10.2 Å². The number of hydrogen-bond acceptors (Lipinski definition) is 3. The van der Waals surface area contributed by atoms with E-state index in [1.165, 1.54) is 10.6 Å². The zero-order valence-corrected chi connectivity index (χ0v) is 13.4. The number of carbonyl (C=O) groups excluding carboxylic acids is 1. The highest BCUT2D eigenvalue weighted by molar-refractivity contribution is 6.31. The Hall–Kier alpha value is -1.98. The summed E-state index contributed by atoms with van der Waals surface area (Å²) in [7, 11) is 0. The Bertz CT molecular complexity index is 759. The first-order chi connectivity index (χ1) is 10.4. The minimum Gasteiger partial charge on any atom is -0.489 e. The van der Waals surface area contributed by atoms with Crippen molar-refractivity contribution in [3.05, 3.63) is 57.6 Å². The molecule has 7 heteroatoms. The number of hydrogen-bond donors (Lipinski definition) is 2. The maximum Gasteiger partial charge on any atom is 0.252 e. The molecule has 2 rings (SSSR count). The molecule has 1 aromatic heterocycles. The van der Waals surface area contributed by atoms with Crippen molar-refractivity contribution in [3.63, 3.8) is 0 Å². The molecule has 1 heterocycles. The van der Waals surface area contributed by atoms with Crippen LogP contribution in [-0.2, 0) is 6.54 Å². The molecule has 0 saturated heterocycles. The van der Waals surface area contributed by atoms with Gasteiger partial charge in [-0.15, -0.1) is 0 Å². The van der Waals surface area contributed by atoms with Crippen LogP contribution >= 0.6 is 23.2 Å². The number of carbonyl (C=O) groups is 1. The maximum atomic E-state index is 11.3. The number of aromatic nitrogens is 1. The van der Waals surface area contributed by atoms with Crippen molar-refractivity contribution < 1.29 is 9.53 Å². The number of nitrogens with zero attached hydrogens (tertiary/aromatic N) is 1. The van der Waals surface area contributed by atoms with Crippen LogP contribution in [0.15, 0.2) is 36.5 Å². The molecular formula is C15H15Cl2N3O2. The predicted octanol–water partition coefficient (Wildman–Crippen LogP) is 2.84. The van der Waals surface area contributed by atoms with Gasteiger partial charge in [0.2, 0.25) is 0 Å². The summed E-state index contributed by atoms with van der Waals surface area (Å²) in [5.41, 5.74) is 5.32. The van der Waals surface area contributed by atoms with E-state index in [2.05, 4.69) is 0 Å². The third-order valence-corrected chi connectivity index (χ3v) is 3.40. The number of rotatable bonds is 5. The zero-order chi connectivity index (χ0) is 16.3. The van der Waals surface area contributed by atoms with Crippen LogP contribution in [0, 0.1) is 5.41 Å². The first kappa shape index (κ1) is 16.4. The van der Waals surface area contributed by atoms with E-state index in [0.717, 1.165) is 0 Å². The Morgan fingerprint density at radius 3 is 2.73 bits per heavy atom. The van der Waals surface area contributed by atoms with Gasteiger partial charge in [0.15, 0.2) is 0 Å². The molecule has 1 unspecified atom stereocenters. The van der Waals surface area contributed by atoms with E-state index >= 15 is 0 Å². The van der Waals surface area contributed by atoms with E-state index in [1.54, 1.807) is 30.5 Å². The lowest BCUT2D eigenvalue weighted by Crippen LogP contribution is -2.33. The molecule has 5 nitrogen and oxygen atoms in total. The van der Waals surface area contributed by atoms with Gasteiger partial charge in [-0.05, 0) is 31.2 Å². The van der Waals surface area contributed by atoms with Gasteiger partial charge in [0.25, 0.3) is 5.91 Å². The van der Waals surface area contributed by atoms with Crippen LogP contribution < -0.4 is 16.0 Å². The third-order valence-electron chi connectivity index (χ3n) is 2.96. The smallest absolute Gasteiger partial charge is 0.252 e. The average molecular weight is 340 g/mol. The Kier molecular flexibility index (Phi) is 5.11. The molecule has 0 saturated carbocycles. The van der Waals surface area contributed by atoms with Gasteiger partial charge in [0.1, 0.15) is 17.3 Å². The molecule has 0 fully saturated rings. The largest absolute Gasteiger partial charge is 0.489 e. The summed E-state index contributed by atoms with van der Waals surface area (Å²) in [4.78, 5) is 11.3. The summed E-state index contributed by atoms with van der Waals surface area (Å²) in [5.74, 6) is -0.0612. The summed E-state index contributed by atoms with van der Waals surface area (Å²) in [6.07, 6.45) is 1.31. The molecule has 1 amide bonds. The number of nitrogens with two attached hydrogens (primary N) is 1. The van der Waals surface area contributed by atoms with Gasteiger partial charge in [-0.25, -0.2) is 0 Å². The van der Waals surface area contributed by atoms with Gasteiger partial charge < -0.3 is 15.0 Å². The fourth-order valence-electron chi connectivity index (χ4n) is 2.03. The minimum absolute atomic E-state index is 0.00144. The molecule has 0 radical (unpaired) electrons. The molecule has 0 aliphatic heterocycles. The quantitative estimate of drug-likeness (QED) is 0.878. The SMILES string of the molecule is CC(Cn1cc(Cl)cc(C(N)=O)c1=N)Oc1cccc(Cl)c1. The summed E-state index contributed by atoms with van der Waals surface area (Å²) in [6, 6.07) is 8.42. The lowest BCUT2D eigenvalue weighted by Gasteiger charge is -2.17. The van der Waals surface area contributed by atoms with Gasteiger partial charge in [-0.2, -0.15) is 0 Å². The highest BCUT2D eigenvalue weighted by Gasteiger charge is 2.11. The molecule has 1 aromatic carbocycles. The standard InChI is InChI=1S/C15H15Cl2N3O2/c1-9(22-12-4-2-3-10(16)5-12)7-20-8-11(17)6-13(14(20)18)15(19)21/h2-6,8-9,18H,7H2,1H3,(H2,19,21). The molecule has 0 aliphatic rings. The Morgan fingerprint density at radius 1 is 1.36 bits per heavy atom. The Labute approximate surface area is 137 Å². The molecular weight excluding hydrogens is 325 g/mol. The van der Waals surface area contributed by atoms with E-state index in [1.807, 2.05) is 6.92 Å². The highest BCUT2D eigenvalue weighted by Crippen LogP contribution is 2.18. The summed E-state index contributed by atoms with van der Waals surface area (Å²) in [6.45, 7) is 2.18. The van der Waals surface area contributed by atoms with Crippen LogP contribution in [0.5, 0.6) is 5.75 Å². The lowest BCUT2D eigenvalue weighted by atomic mass is 10.2. The molecule has 116 valence electrons. The molecule has 0 aliphatic carbocycles. The van der Waals surface area contributed by atoms with E-state index in [4.69, 9.17) is 39.1 Å². The summed E-state index contributed by atoms with van der Waals surface area (Å²) >= 11 is 11.9. The third kappa shape index (κ3) is 4.02. The monoisotopic (exact) mass is 339 g/mol. The average Bonchev–Trinajstić information content (AvgIpc) is 2.42. The molecule has 0 bridgehead atoms. The van der Waals surface area contributed by atoms with Gasteiger partial charge in [0, 0.05) is 11.2 Å². The van der Waals surface area contributed by atoms with Crippen LogP contribution in [0.3, 0.4) is 0 Å². The number of halogens is 2. The number of amides is 1. The van der Waals surface area contributed by atoms with Crippen LogP contribution in [0.1, 0.15) is 17.3 Å². The van der Waals surface area contributed by atoms with Gasteiger partial charge >= 0.3 is 0 Å². The minimum atomic E-state index is -0.690. The van der Waals surface area contributed by atoms with Crippen LogP contribution in [0.25, 0.3) is 0 Å². The maximum absolute atomic E-state index is 11.3. The van der Waals surface area contributed by atoms with Crippen LogP contribution in [-0.4, -0.2) is 16.6 Å². The summed E-state index contributed by atoms with van der Waals surface area (Å²) in [5, 5.41) is 8.92. The number of ether oxygens (including phenoxy) is 1. The number of pyridine rings is 1. The number of benzene rings is 1. The van der Waals surface area contributed by atoms with Crippen molar-refractivity contribution in [2.45, 2.75) is 19.6 Å². The molecule has 0 spiro atoms. The van der Waals surface area contributed by atoms with Crippen LogP contribution in [0.2, 0.25) is 10.0 Å². The van der Waals surface area contributed by atoms with Gasteiger partial charge in [-0.1, -0.05) is 29.3 Å². The molecule has 1 atom stereocenters. The second kappa shape index (κ2) is 6.85. The summed E-state index contributed by atoms with van der Waals surface area (Å²) < 4.78 is 7.27. The lowest BCUT2D eigenvalue weighted by molar-refractivity contribution is 0.0997. The van der Waals surface area contributed by atoms with E-state index < -0.39 is 5.91 Å². The first-order valence-electron chi connectivity index (χ1n) is 6.53. The van der Waals surface area contributed by atoms with Gasteiger partial charge in [0.05, 0.1) is 17.1 Å². The molecule has 2 aromatic rings. The fraction of sp³-hybridized carbons (Fsp3) is 0.200. The molecule has 3 N–H and O–H groups in total. The van der Waals surface area contributed by atoms with E-state index in [0.29, 0.717) is 22.3 Å². The number of nitrogens with one attached hydrogen (secondary N) is 1. The topological polar surface area (TPSA) is 81.1 Å². The Balaban J connectivity index is 2.20. The predicted molar refractivity (Wildman–Crippen MR) is 85.4 cm³/mol. The van der Waals surface area contributed by atoms with E-state index in [-0.39, 0.29) is 17.2 Å². The second-order valence-electron chi connectivity index (χ2n) is 4.82. The van der Waals surface area contributed by atoms with Crippen molar-refractivity contribution >= 4 is 29.1 Å². The molecule has 22 heavy (non-hydrogen) atoms.